The van der Waals surface area contributed by atoms with Crippen molar-refractivity contribution in [2.24, 2.45) is 0 Å². The van der Waals surface area contributed by atoms with Crippen LogP contribution >= 0.6 is 0 Å². The van der Waals surface area contributed by atoms with Gasteiger partial charge in [0.1, 0.15) is 22.8 Å². The van der Waals surface area contributed by atoms with Crippen molar-refractivity contribution in [1.82, 2.24) is 0 Å². The molecule has 0 radical (unpaired) electrons. The first-order valence-corrected chi connectivity index (χ1v) is 12.7. The van der Waals surface area contributed by atoms with Crippen LogP contribution in [0.5, 0.6) is 17.2 Å². The molecule has 0 atom stereocenters. The Morgan fingerprint density at radius 1 is 0.788 bits per heavy atom. The summed E-state index contributed by atoms with van der Waals surface area (Å²) in [4.78, 5) is 11.2. The van der Waals surface area contributed by atoms with E-state index in [9.17, 15) is 18.3 Å². The number of aliphatic hydroxyl groups excluding tert-OH is 1. The van der Waals surface area contributed by atoms with E-state index in [0.717, 1.165) is 38.5 Å². The van der Waals surface area contributed by atoms with E-state index in [-0.39, 0.29) is 47.3 Å². The van der Waals surface area contributed by atoms with Crippen molar-refractivity contribution < 1.29 is 38.0 Å². The highest BCUT2D eigenvalue weighted by Gasteiger charge is 2.15. The molecule has 2 aromatic rings. The van der Waals surface area contributed by atoms with Crippen LogP contribution in [-0.4, -0.2) is 55.3 Å². The molecule has 0 heterocycles. The van der Waals surface area contributed by atoms with E-state index >= 15 is 0 Å². The monoisotopic (exact) mass is 480 g/mol. The van der Waals surface area contributed by atoms with Gasteiger partial charge in [0.05, 0.1) is 23.9 Å². The number of rotatable bonds is 16. The van der Waals surface area contributed by atoms with E-state index in [0.29, 0.717) is 12.4 Å². The fourth-order valence-corrected chi connectivity index (χ4v) is 4.47. The molecule has 0 amide bonds. The van der Waals surface area contributed by atoms with Gasteiger partial charge in [-0.3, -0.25) is 0 Å². The molecule has 0 aromatic heterocycles. The predicted molar refractivity (Wildman–Crippen MR) is 124 cm³/mol. The number of ether oxygens (including phenoxy) is 2. The third-order valence-electron chi connectivity index (χ3n) is 5.03. The molecular formula is C24H32O8S. The Morgan fingerprint density at radius 2 is 1.36 bits per heavy atom. The summed E-state index contributed by atoms with van der Waals surface area (Å²) in [5.41, 5.74) is -0.277. The van der Waals surface area contributed by atoms with E-state index < -0.39 is 15.8 Å². The molecule has 0 unspecified atom stereocenters. The van der Waals surface area contributed by atoms with Crippen LogP contribution in [0.1, 0.15) is 55.3 Å². The molecule has 33 heavy (non-hydrogen) atoms. The van der Waals surface area contributed by atoms with Gasteiger partial charge in [0, 0.05) is 6.61 Å². The van der Waals surface area contributed by atoms with Crippen LogP contribution in [0.25, 0.3) is 0 Å². The summed E-state index contributed by atoms with van der Waals surface area (Å²) in [5.74, 6) is -0.887. The topological polar surface area (TPSA) is 130 Å². The predicted octanol–water partition coefficient (Wildman–Crippen LogP) is 4.04. The molecule has 182 valence electrons. The Balaban J connectivity index is 1.72. The first-order valence-electron chi connectivity index (χ1n) is 11.1. The van der Waals surface area contributed by atoms with E-state index in [2.05, 4.69) is 0 Å². The van der Waals surface area contributed by atoms with E-state index in [1.165, 1.54) is 30.3 Å². The van der Waals surface area contributed by atoms with Gasteiger partial charge >= 0.3 is 5.97 Å². The van der Waals surface area contributed by atoms with Crippen LogP contribution in [0.2, 0.25) is 0 Å². The Kier molecular flexibility index (Phi) is 11.0. The van der Waals surface area contributed by atoms with E-state index in [4.69, 9.17) is 19.7 Å². The second-order valence-electron chi connectivity index (χ2n) is 7.67. The highest BCUT2D eigenvalue weighted by Crippen LogP contribution is 2.23. The van der Waals surface area contributed by atoms with Crippen molar-refractivity contribution in [2.45, 2.75) is 49.8 Å². The van der Waals surface area contributed by atoms with E-state index in [1.807, 2.05) is 0 Å². The molecule has 0 fully saturated rings. The lowest BCUT2D eigenvalue weighted by Gasteiger charge is -2.10. The number of unbranched alkanes of at least 4 members (excludes halogenated alkanes) is 5. The Hall–Kier alpha value is -2.78. The first-order chi connectivity index (χ1) is 15.8. The quantitative estimate of drug-likeness (QED) is 0.307. The standard InChI is InChI=1S/C24H32O8S/c25-14-5-3-1-2-4-6-15-31-19-8-11-21(12-9-19)33(29,30)17-7-16-32-20-10-13-23(26)22(18-20)24(27)28/h8-13,18,25-26H,1-7,14-17H2,(H,27,28). The molecule has 0 saturated heterocycles. The number of carbonyl (C=O) groups is 1. The smallest absolute Gasteiger partial charge is 0.339 e. The summed E-state index contributed by atoms with van der Waals surface area (Å²) in [5, 5.41) is 27.3. The van der Waals surface area contributed by atoms with Crippen LogP contribution in [0.4, 0.5) is 0 Å². The van der Waals surface area contributed by atoms with Gasteiger partial charge in [0.2, 0.25) is 0 Å². The van der Waals surface area contributed by atoms with Gasteiger partial charge in [-0.15, -0.1) is 0 Å². The molecule has 0 saturated carbocycles. The highest BCUT2D eigenvalue weighted by atomic mass is 32.2. The van der Waals surface area contributed by atoms with Crippen molar-refractivity contribution in [3.8, 4) is 17.2 Å². The second kappa shape index (κ2) is 13.7. The minimum absolute atomic E-state index is 0.0876. The molecule has 0 aliphatic rings. The summed E-state index contributed by atoms with van der Waals surface area (Å²) >= 11 is 0. The molecule has 2 aromatic carbocycles. The first kappa shape index (κ1) is 26.5. The molecule has 0 aliphatic carbocycles. The second-order valence-corrected chi connectivity index (χ2v) is 9.78. The number of carboxylic acid groups (broad SMARTS) is 1. The van der Waals surface area contributed by atoms with Crippen LogP contribution in [-0.2, 0) is 9.84 Å². The molecule has 9 heteroatoms. The van der Waals surface area contributed by atoms with Crippen LogP contribution in [0.3, 0.4) is 0 Å². The van der Waals surface area contributed by atoms with Crippen molar-refractivity contribution >= 4 is 15.8 Å². The summed E-state index contributed by atoms with van der Waals surface area (Å²) in [6.45, 7) is 0.909. The van der Waals surface area contributed by atoms with E-state index in [1.54, 1.807) is 12.1 Å². The van der Waals surface area contributed by atoms with Gasteiger partial charge in [-0.25, -0.2) is 13.2 Å². The summed E-state index contributed by atoms with van der Waals surface area (Å²) in [6.07, 6.45) is 6.32. The zero-order chi connectivity index (χ0) is 24.1. The molecule has 0 bridgehead atoms. The summed E-state index contributed by atoms with van der Waals surface area (Å²) in [7, 11) is -3.49. The number of phenols is 1. The third-order valence-corrected chi connectivity index (χ3v) is 6.85. The molecular weight excluding hydrogens is 448 g/mol. The van der Waals surface area contributed by atoms with Gasteiger partial charge in [0.25, 0.3) is 0 Å². The Bertz CT molecular complexity index is 970. The number of sulfone groups is 1. The number of aromatic carboxylic acids is 1. The number of hydrogen-bond acceptors (Lipinski definition) is 7. The van der Waals surface area contributed by atoms with Gasteiger partial charge in [0.15, 0.2) is 9.84 Å². The number of carboxylic acids is 1. The maximum atomic E-state index is 12.5. The van der Waals surface area contributed by atoms with Gasteiger partial charge < -0.3 is 24.8 Å². The minimum Gasteiger partial charge on any atom is -0.507 e. The lowest BCUT2D eigenvalue weighted by molar-refractivity contribution is 0.0693. The average Bonchev–Trinajstić information content (AvgIpc) is 2.79. The Labute approximate surface area is 194 Å². The van der Waals surface area contributed by atoms with Crippen LogP contribution in [0, 0.1) is 0 Å². The van der Waals surface area contributed by atoms with Crippen LogP contribution < -0.4 is 9.47 Å². The van der Waals surface area contributed by atoms with Gasteiger partial charge in [-0.1, -0.05) is 25.7 Å². The SMILES string of the molecule is O=C(O)c1cc(OCCCS(=O)(=O)c2ccc(OCCCCCCCCO)cc2)ccc1O. The van der Waals surface area contributed by atoms with Crippen molar-refractivity contribution in [2.75, 3.05) is 25.6 Å². The number of hydrogen-bond donors (Lipinski definition) is 3. The highest BCUT2D eigenvalue weighted by molar-refractivity contribution is 7.91. The number of benzene rings is 2. The molecule has 0 spiro atoms. The number of aromatic hydroxyl groups is 1. The summed E-state index contributed by atoms with van der Waals surface area (Å²) in [6, 6.07) is 10.2. The lowest BCUT2D eigenvalue weighted by Crippen LogP contribution is -2.11. The zero-order valence-electron chi connectivity index (χ0n) is 18.6. The third kappa shape index (κ3) is 9.31. The van der Waals surface area contributed by atoms with Gasteiger partial charge in [-0.05, 0) is 61.7 Å². The lowest BCUT2D eigenvalue weighted by atomic mass is 10.1. The average molecular weight is 481 g/mol. The minimum atomic E-state index is -3.49. The van der Waals surface area contributed by atoms with Crippen molar-refractivity contribution in [3.63, 3.8) is 0 Å². The number of aliphatic hydroxyl groups is 1. The molecule has 2 rings (SSSR count). The maximum absolute atomic E-state index is 12.5. The van der Waals surface area contributed by atoms with Gasteiger partial charge in [-0.2, -0.15) is 0 Å². The molecule has 0 aliphatic heterocycles. The maximum Gasteiger partial charge on any atom is 0.339 e. The Morgan fingerprint density at radius 3 is 2.03 bits per heavy atom. The van der Waals surface area contributed by atoms with Crippen molar-refractivity contribution in [1.29, 1.82) is 0 Å². The van der Waals surface area contributed by atoms with Crippen LogP contribution in [0.15, 0.2) is 47.4 Å². The molecule has 3 N–H and O–H groups in total. The zero-order valence-corrected chi connectivity index (χ0v) is 19.4. The summed E-state index contributed by atoms with van der Waals surface area (Å²) < 4.78 is 36.1. The fourth-order valence-electron chi connectivity index (χ4n) is 3.19. The molecule has 8 nitrogen and oxygen atoms in total. The normalized spacial score (nSPS) is 11.3. The fraction of sp³-hybridized carbons (Fsp3) is 0.458. The largest absolute Gasteiger partial charge is 0.507 e. The van der Waals surface area contributed by atoms with Crippen molar-refractivity contribution in [3.05, 3.63) is 48.0 Å².